The molecule has 1 aliphatic rings. The Kier molecular flexibility index (Phi) is 3.94. The van der Waals surface area contributed by atoms with Gasteiger partial charge in [-0.2, -0.15) is 0 Å². The minimum atomic E-state index is -4.05. The van der Waals surface area contributed by atoms with E-state index in [2.05, 4.69) is 0 Å². The van der Waals surface area contributed by atoms with Crippen LogP contribution in [0.4, 0.5) is 5.69 Å². The first-order valence-electron chi connectivity index (χ1n) is 5.74. The molecular weight excluding hydrogens is 304 g/mol. The van der Waals surface area contributed by atoms with Crippen molar-refractivity contribution in [1.82, 2.24) is 4.31 Å². The van der Waals surface area contributed by atoms with Gasteiger partial charge >= 0.3 is 0 Å². The molecular formula is C11H12N2O7S. The van der Waals surface area contributed by atoms with Crippen LogP contribution in [0.2, 0.25) is 0 Å². The summed E-state index contributed by atoms with van der Waals surface area (Å²) in [6.45, 7) is -0.337. The highest BCUT2D eigenvalue weighted by Gasteiger charge is 2.43. The lowest BCUT2D eigenvalue weighted by molar-refractivity contribution is -0.384. The number of benzene rings is 1. The van der Waals surface area contributed by atoms with Crippen LogP contribution >= 0.6 is 0 Å². The topological polar surface area (TPSA) is 116 Å². The van der Waals surface area contributed by atoms with Crippen LogP contribution in [0.15, 0.2) is 23.1 Å². The average Bonchev–Trinajstić information content (AvgIpc) is 2.64. The van der Waals surface area contributed by atoms with E-state index in [1.54, 1.807) is 0 Å². The van der Waals surface area contributed by atoms with Crippen molar-refractivity contribution >= 4 is 21.6 Å². The van der Waals surface area contributed by atoms with Gasteiger partial charge in [-0.1, -0.05) is 0 Å². The number of sulfonamides is 1. The fraction of sp³-hybridized carbons (Fsp3) is 0.364. The van der Waals surface area contributed by atoms with Gasteiger partial charge in [-0.25, -0.2) is 12.7 Å². The largest absolute Gasteiger partial charge is 0.354 e. The molecule has 10 heteroatoms. The highest BCUT2D eigenvalue weighted by atomic mass is 32.2. The zero-order valence-corrected chi connectivity index (χ0v) is 12.0. The molecule has 114 valence electrons. The van der Waals surface area contributed by atoms with E-state index in [4.69, 9.17) is 9.47 Å². The minimum Gasteiger partial charge on any atom is -0.354 e. The van der Waals surface area contributed by atoms with Crippen LogP contribution in [-0.4, -0.2) is 50.6 Å². The van der Waals surface area contributed by atoms with E-state index in [9.17, 15) is 23.3 Å². The molecule has 0 radical (unpaired) electrons. The third-order valence-corrected chi connectivity index (χ3v) is 4.85. The number of carbonyl (C=O) groups is 1. The number of carbonyl (C=O) groups excluding carboxylic acids is 1. The maximum absolute atomic E-state index is 12.3. The summed E-state index contributed by atoms with van der Waals surface area (Å²) in [5.41, 5.74) is -0.579. The van der Waals surface area contributed by atoms with Gasteiger partial charge in [0, 0.05) is 26.4 Å². The summed E-state index contributed by atoms with van der Waals surface area (Å²) in [5.74, 6) is -0.840. The Morgan fingerprint density at radius 2 is 1.95 bits per heavy atom. The molecule has 1 aromatic carbocycles. The Balaban J connectivity index is 2.46. The molecule has 0 N–H and O–H groups in total. The zero-order chi connectivity index (χ0) is 15.8. The monoisotopic (exact) mass is 316 g/mol. The van der Waals surface area contributed by atoms with Crippen molar-refractivity contribution in [2.45, 2.75) is 11.2 Å². The first-order valence-corrected chi connectivity index (χ1v) is 7.18. The van der Waals surface area contributed by atoms with Crippen LogP contribution in [0.3, 0.4) is 0 Å². The van der Waals surface area contributed by atoms with Crippen LogP contribution < -0.4 is 0 Å². The first-order chi connectivity index (χ1) is 9.82. The van der Waals surface area contributed by atoms with Crippen molar-refractivity contribution in [2.75, 3.05) is 20.8 Å². The molecule has 1 amide bonds. The smallest absolute Gasteiger partial charge is 0.270 e. The summed E-state index contributed by atoms with van der Waals surface area (Å²) < 4.78 is 34.9. The van der Waals surface area contributed by atoms with E-state index < -0.39 is 27.1 Å². The Morgan fingerprint density at radius 1 is 1.33 bits per heavy atom. The van der Waals surface area contributed by atoms with E-state index >= 15 is 0 Å². The molecule has 2 rings (SSSR count). The molecule has 0 bridgehead atoms. The molecule has 21 heavy (non-hydrogen) atoms. The number of nitrogens with zero attached hydrogens (tertiary/aromatic N) is 2. The maximum atomic E-state index is 12.3. The highest BCUT2D eigenvalue weighted by molar-refractivity contribution is 7.90. The standard InChI is InChI=1S/C11H12N2O7S/c1-19-10(20-2)6-12-11(14)8-5-7(13(15)16)3-4-9(8)21(12,17)18/h3-5,10H,6H2,1-2H3. The van der Waals surface area contributed by atoms with E-state index in [-0.39, 0.29) is 22.7 Å². The van der Waals surface area contributed by atoms with Crippen molar-refractivity contribution < 1.29 is 27.6 Å². The molecule has 1 heterocycles. The number of amides is 1. The van der Waals surface area contributed by atoms with Gasteiger partial charge in [-0.05, 0) is 6.07 Å². The number of fused-ring (bicyclic) bond motifs is 1. The molecule has 0 saturated heterocycles. The molecule has 9 nitrogen and oxygen atoms in total. The lowest BCUT2D eigenvalue weighted by atomic mass is 10.2. The van der Waals surface area contributed by atoms with Crippen LogP contribution in [0.1, 0.15) is 10.4 Å². The molecule has 0 aromatic heterocycles. The van der Waals surface area contributed by atoms with Gasteiger partial charge in [0.05, 0.1) is 17.0 Å². The summed E-state index contributed by atoms with van der Waals surface area (Å²) in [7, 11) is -1.44. The minimum absolute atomic E-state index is 0.227. The van der Waals surface area contributed by atoms with Gasteiger partial charge in [0.1, 0.15) is 4.90 Å². The van der Waals surface area contributed by atoms with Crippen molar-refractivity contribution in [1.29, 1.82) is 0 Å². The summed E-state index contributed by atoms with van der Waals surface area (Å²) in [6, 6.07) is 3.04. The van der Waals surface area contributed by atoms with Gasteiger partial charge in [-0.3, -0.25) is 14.9 Å². The lowest BCUT2D eigenvalue weighted by Crippen LogP contribution is -2.38. The molecule has 1 aliphatic heterocycles. The predicted molar refractivity (Wildman–Crippen MR) is 69.1 cm³/mol. The zero-order valence-electron chi connectivity index (χ0n) is 11.2. The summed E-state index contributed by atoms with van der Waals surface area (Å²) in [4.78, 5) is 21.9. The Labute approximate surface area is 120 Å². The Bertz CT molecular complexity index is 697. The first kappa shape index (κ1) is 15.4. The van der Waals surface area contributed by atoms with Gasteiger partial charge in [0.15, 0.2) is 6.29 Å². The number of rotatable bonds is 5. The van der Waals surface area contributed by atoms with Crippen molar-refractivity contribution in [3.63, 3.8) is 0 Å². The third-order valence-electron chi connectivity index (χ3n) is 3.04. The number of methoxy groups -OCH3 is 2. The molecule has 0 unspecified atom stereocenters. The van der Waals surface area contributed by atoms with Crippen LogP contribution in [0, 0.1) is 10.1 Å². The van der Waals surface area contributed by atoms with Crippen LogP contribution in [-0.2, 0) is 19.5 Å². The van der Waals surface area contributed by atoms with Crippen LogP contribution in [0.25, 0.3) is 0 Å². The summed E-state index contributed by atoms with van der Waals surface area (Å²) in [5, 5.41) is 10.7. The normalized spacial score (nSPS) is 16.3. The van der Waals surface area contributed by atoms with Gasteiger partial charge in [0.25, 0.3) is 21.6 Å². The second kappa shape index (κ2) is 5.39. The van der Waals surface area contributed by atoms with Crippen molar-refractivity contribution in [3.05, 3.63) is 33.9 Å². The predicted octanol–water partition coefficient (Wildman–Crippen LogP) is 0.358. The molecule has 0 aliphatic carbocycles. The SMILES string of the molecule is COC(CN1C(=O)c2cc([N+](=O)[O-])ccc2S1(=O)=O)OC. The fourth-order valence-electron chi connectivity index (χ4n) is 1.95. The Hall–Kier alpha value is -2.04. The highest BCUT2D eigenvalue weighted by Crippen LogP contribution is 2.32. The van der Waals surface area contributed by atoms with E-state index in [1.807, 2.05) is 0 Å². The number of hydrogen-bond acceptors (Lipinski definition) is 7. The summed E-state index contributed by atoms with van der Waals surface area (Å²) in [6.07, 6.45) is -0.923. The Morgan fingerprint density at radius 3 is 2.48 bits per heavy atom. The lowest BCUT2D eigenvalue weighted by Gasteiger charge is -2.20. The van der Waals surface area contributed by atoms with Gasteiger partial charge in [-0.15, -0.1) is 0 Å². The molecule has 0 spiro atoms. The van der Waals surface area contributed by atoms with Crippen molar-refractivity contribution in [2.24, 2.45) is 0 Å². The second-order valence-corrected chi connectivity index (χ2v) is 6.01. The fourth-order valence-corrected chi connectivity index (χ4v) is 3.48. The number of ether oxygens (including phenoxy) is 2. The van der Waals surface area contributed by atoms with Crippen molar-refractivity contribution in [3.8, 4) is 0 Å². The quantitative estimate of drug-likeness (QED) is 0.437. The molecule has 0 atom stereocenters. The number of hydrogen-bond donors (Lipinski definition) is 0. The van der Waals surface area contributed by atoms with E-state index in [1.165, 1.54) is 14.2 Å². The van der Waals surface area contributed by atoms with Gasteiger partial charge in [0.2, 0.25) is 0 Å². The third kappa shape index (κ3) is 2.48. The molecule has 0 saturated carbocycles. The van der Waals surface area contributed by atoms with E-state index in [0.717, 1.165) is 18.2 Å². The number of nitro groups is 1. The molecule has 1 aromatic rings. The number of nitro benzene ring substituents is 1. The summed E-state index contributed by atoms with van der Waals surface area (Å²) >= 11 is 0. The van der Waals surface area contributed by atoms with Gasteiger partial charge < -0.3 is 9.47 Å². The second-order valence-electron chi connectivity index (χ2n) is 4.18. The molecule has 0 fully saturated rings. The number of non-ortho nitro benzene ring substituents is 1. The van der Waals surface area contributed by atoms with Crippen LogP contribution in [0.5, 0.6) is 0 Å². The van der Waals surface area contributed by atoms with E-state index in [0.29, 0.717) is 4.31 Å². The average molecular weight is 316 g/mol. The maximum Gasteiger partial charge on any atom is 0.270 e.